The lowest BCUT2D eigenvalue weighted by Crippen LogP contribution is -2.47. The second-order valence-electron chi connectivity index (χ2n) is 5.62. The van der Waals surface area contributed by atoms with E-state index in [0.717, 1.165) is 18.8 Å². The average Bonchev–Trinajstić information content (AvgIpc) is 2.61. The highest BCUT2D eigenvalue weighted by atomic mass is 32.2. The summed E-state index contributed by atoms with van der Waals surface area (Å²) < 4.78 is 32.3. The zero-order valence-corrected chi connectivity index (χ0v) is 13.8. The Morgan fingerprint density at radius 1 is 1.12 bits per heavy atom. The molecule has 2 N–H and O–H groups in total. The van der Waals surface area contributed by atoms with Gasteiger partial charge in [-0.1, -0.05) is 18.2 Å². The fraction of sp³-hybridized carbons (Fsp3) is 0.312. The van der Waals surface area contributed by atoms with E-state index in [0.29, 0.717) is 18.8 Å². The van der Waals surface area contributed by atoms with Gasteiger partial charge in [-0.2, -0.15) is 13.7 Å². The molecule has 2 aliphatic heterocycles. The fourth-order valence-electron chi connectivity index (χ4n) is 2.99. The van der Waals surface area contributed by atoms with Crippen molar-refractivity contribution in [2.45, 2.75) is 5.37 Å². The van der Waals surface area contributed by atoms with Crippen LogP contribution in [-0.4, -0.2) is 49.4 Å². The predicted octanol–water partition coefficient (Wildman–Crippen LogP) is 0.917. The Balaban J connectivity index is 1.79. The Morgan fingerprint density at radius 2 is 1.75 bits per heavy atom. The molecule has 0 spiro atoms. The summed E-state index contributed by atoms with van der Waals surface area (Å²) in [5, 5.41) is 10.5. The van der Waals surface area contributed by atoms with Crippen LogP contribution in [0.25, 0.3) is 0 Å². The van der Waals surface area contributed by atoms with Crippen LogP contribution < -0.4 is 10.2 Å². The second kappa shape index (κ2) is 6.55. The quantitative estimate of drug-likeness (QED) is 0.786. The van der Waals surface area contributed by atoms with Gasteiger partial charge >= 0.3 is 0 Å². The van der Waals surface area contributed by atoms with E-state index in [9.17, 15) is 18.2 Å². The molecular formula is C16H18N4O3S. The Kier molecular flexibility index (Phi) is 4.46. The number of piperazine rings is 1. The van der Waals surface area contributed by atoms with Crippen LogP contribution >= 0.6 is 0 Å². The molecule has 3 rings (SSSR count). The molecule has 24 heavy (non-hydrogen) atoms. The summed E-state index contributed by atoms with van der Waals surface area (Å²) in [6.45, 7) is 2.87. The molecule has 0 aromatic heterocycles. The van der Waals surface area contributed by atoms with E-state index < -0.39 is 15.5 Å². The monoisotopic (exact) mass is 346 g/mol. The van der Waals surface area contributed by atoms with Crippen LogP contribution in [0.15, 0.2) is 53.9 Å². The summed E-state index contributed by atoms with van der Waals surface area (Å²) in [6, 6.07) is 12.0. The molecule has 0 bridgehead atoms. The maximum Gasteiger partial charge on any atom is 0.291 e. The summed E-state index contributed by atoms with van der Waals surface area (Å²) in [6.07, 6.45) is 3.14. The molecule has 2 heterocycles. The number of benzene rings is 1. The zero-order chi connectivity index (χ0) is 17.2. The van der Waals surface area contributed by atoms with Gasteiger partial charge in [0.15, 0.2) is 5.37 Å². The third-order valence-electron chi connectivity index (χ3n) is 4.19. The minimum atomic E-state index is -4.39. The first-order chi connectivity index (χ1) is 11.5. The number of anilines is 1. The normalized spacial score (nSPS) is 21.4. The number of allylic oxidation sites excluding steroid dienone is 1. The molecule has 1 atom stereocenters. The van der Waals surface area contributed by atoms with Crippen molar-refractivity contribution in [2.24, 2.45) is 0 Å². The van der Waals surface area contributed by atoms with Crippen molar-refractivity contribution in [1.82, 2.24) is 10.2 Å². The third kappa shape index (κ3) is 3.22. The van der Waals surface area contributed by atoms with Gasteiger partial charge in [0.2, 0.25) is 0 Å². The van der Waals surface area contributed by atoms with Crippen molar-refractivity contribution in [3.8, 4) is 6.07 Å². The Bertz CT molecular complexity index is 803. The number of nitrogens with zero attached hydrogens (tertiary/aromatic N) is 3. The number of rotatable bonds is 3. The van der Waals surface area contributed by atoms with Crippen LogP contribution in [-0.2, 0) is 10.1 Å². The van der Waals surface area contributed by atoms with Gasteiger partial charge in [0, 0.05) is 31.9 Å². The van der Waals surface area contributed by atoms with E-state index in [1.54, 1.807) is 6.08 Å². The lowest BCUT2D eigenvalue weighted by atomic mass is 10.1. The standard InChI is InChI=1S/C16H18N4O3S/c17-12-14-15(6-7-18-16(14)24(21,22)23)20-10-8-19(9-11-20)13-4-2-1-3-5-13/h1-7,16,18H,8-11H2,(H,21,22,23). The number of hydrogen-bond donors (Lipinski definition) is 2. The largest absolute Gasteiger partial charge is 0.369 e. The van der Waals surface area contributed by atoms with Gasteiger partial charge in [-0.15, -0.1) is 0 Å². The van der Waals surface area contributed by atoms with Gasteiger partial charge in [0.25, 0.3) is 10.1 Å². The van der Waals surface area contributed by atoms with Crippen LogP contribution in [0.3, 0.4) is 0 Å². The number of nitriles is 1. The molecular weight excluding hydrogens is 328 g/mol. The van der Waals surface area contributed by atoms with E-state index in [1.165, 1.54) is 6.20 Å². The predicted molar refractivity (Wildman–Crippen MR) is 90.5 cm³/mol. The van der Waals surface area contributed by atoms with Gasteiger partial charge in [0.05, 0.1) is 11.3 Å². The smallest absolute Gasteiger partial charge is 0.291 e. The molecule has 0 aliphatic carbocycles. The SMILES string of the molecule is N#CC1=C(N2CCN(c3ccccc3)CC2)C=CNC1S(=O)(=O)O. The van der Waals surface area contributed by atoms with Gasteiger partial charge in [0.1, 0.15) is 6.07 Å². The lowest BCUT2D eigenvalue weighted by Gasteiger charge is -2.39. The first kappa shape index (κ1) is 16.4. The molecule has 1 aromatic carbocycles. The van der Waals surface area contributed by atoms with Gasteiger partial charge < -0.3 is 15.1 Å². The first-order valence-electron chi connectivity index (χ1n) is 7.59. The summed E-state index contributed by atoms with van der Waals surface area (Å²) in [5.41, 5.74) is 1.71. The maximum atomic E-state index is 11.5. The first-order valence-corrected chi connectivity index (χ1v) is 9.09. The Morgan fingerprint density at radius 3 is 2.33 bits per heavy atom. The van der Waals surface area contributed by atoms with E-state index in [4.69, 9.17) is 0 Å². The Labute approximate surface area is 141 Å². The van der Waals surface area contributed by atoms with Crippen molar-refractivity contribution in [3.05, 3.63) is 53.9 Å². The molecule has 7 nitrogen and oxygen atoms in total. The lowest BCUT2D eigenvalue weighted by molar-refractivity contribution is 0.325. The summed E-state index contributed by atoms with van der Waals surface area (Å²) in [7, 11) is -4.39. The summed E-state index contributed by atoms with van der Waals surface area (Å²) in [4.78, 5) is 4.22. The van der Waals surface area contributed by atoms with Crippen molar-refractivity contribution in [3.63, 3.8) is 0 Å². The molecule has 0 saturated carbocycles. The van der Waals surface area contributed by atoms with Crippen LogP contribution in [0.5, 0.6) is 0 Å². The highest BCUT2D eigenvalue weighted by molar-refractivity contribution is 7.86. The summed E-state index contributed by atoms with van der Waals surface area (Å²) >= 11 is 0. The number of hydrogen-bond acceptors (Lipinski definition) is 6. The molecule has 2 aliphatic rings. The molecule has 8 heteroatoms. The number of dihydropyridines is 1. The Hall–Kier alpha value is -2.50. The fourth-order valence-corrected chi connectivity index (χ4v) is 3.71. The van der Waals surface area contributed by atoms with Gasteiger partial charge in [-0.25, -0.2) is 0 Å². The molecule has 1 aromatic rings. The molecule has 0 radical (unpaired) electrons. The van der Waals surface area contributed by atoms with Crippen molar-refractivity contribution in [1.29, 1.82) is 5.26 Å². The van der Waals surface area contributed by atoms with Crippen molar-refractivity contribution < 1.29 is 13.0 Å². The van der Waals surface area contributed by atoms with Gasteiger partial charge in [-0.05, 0) is 24.4 Å². The highest BCUT2D eigenvalue weighted by Gasteiger charge is 2.33. The van der Waals surface area contributed by atoms with Crippen LogP contribution in [0.2, 0.25) is 0 Å². The molecule has 126 valence electrons. The average molecular weight is 346 g/mol. The van der Waals surface area contributed by atoms with Gasteiger partial charge in [-0.3, -0.25) is 4.55 Å². The van der Waals surface area contributed by atoms with Crippen molar-refractivity contribution in [2.75, 3.05) is 31.1 Å². The van der Waals surface area contributed by atoms with Crippen LogP contribution in [0, 0.1) is 11.3 Å². The zero-order valence-electron chi connectivity index (χ0n) is 13.0. The molecule has 1 fully saturated rings. The molecule has 1 unspecified atom stereocenters. The van der Waals surface area contributed by atoms with E-state index in [-0.39, 0.29) is 5.57 Å². The van der Waals surface area contributed by atoms with Crippen molar-refractivity contribution >= 4 is 15.8 Å². The van der Waals surface area contributed by atoms with E-state index in [1.807, 2.05) is 29.2 Å². The minimum Gasteiger partial charge on any atom is -0.369 e. The maximum absolute atomic E-state index is 11.5. The van der Waals surface area contributed by atoms with E-state index >= 15 is 0 Å². The third-order valence-corrected chi connectivity index (χ3v) is 5.15. The number of nitrogens with one attached hydrogen (secondary N) is 1. The second-order valence-corrected chi connectivity index (χ2v) is 7.12. The topological polar surface area (TPSA) is 96.7 Å². The molecule has 1 saturated heterocycles. The molecule has 0 amide bonds. The van der Waals surface area contributed by atoms with E-state index in [2.05, 4.69) is 22.3 Å². The minimum absolute atomic E-state index is 0.0214. The van der Waals surface area contributed by atoms with Crippen LogP contribution in [0.4, 0.5) is 5.69 Å². The summed E-state index contributed by atoms with van der Waals surface area (Å²) in [5.74, 6) is 0. The van der Waals surface area contributed by atoms with Crippen LogP contribution in [0.1, 0.15) is 0 Å². The number of para-hydroxylation sites is 1. The highest BCUT2D eigenvalue weighted by Crippen LogP contribution is 2.24.